The maximum atomic E-state index is 11.9. The highest BCUT2D eigenvalue weighted by molar-refractivity contribution is 5.80. The summed E-state index contributed by atoms with van der Waals surface area (Å²) in [5.41, 5.74) is 0. The van der Waals surface area contributed by atoms with Gasteiger partial charge in [-0.3, -0.25) is 0 Å². The fourth-order valence-electron chi connectivity index (χ4n) is 1.48. The summed E-state index contributed by atoms with van der Waals surface area (Å²) >= 11 is 0. The zero-order chi connectivity index (χ0) is 14.0. The van der Waals surface area contributed by atoms with E-state index in [-0.39, 0.29) is 18.6 Å². The molecule has 104 valence electrons. The van der Waals surface area contributed by atoms with Gasteiger partial charge in [-0.15, -0.1) is 0 Å². The highest BCUT2D eigenvalue weighted by atomic mass is 16.4. The van der Waals surface area contributed by atoms with Crippen LogP contribution in [0.15, 0.2) is 12.2 Å². The zero-order valence-electron chi connectivity index (χ0n) is 11.5. The molecule has 2 N–H and O–H groups in total. The van der Waals surface area contributed by atoms with E-state index in [0.717, 1.165) is 31.9 Å². The molecule has 0 rings (SSSR count). The third kappa shape index (κ3) is 6.93. The first-order valence-corrected chi connectivity index (χ1v) is 6.46. The van der Waals surface area contributed by atoms with Crippen molar-refractivity contribution in [3.63, 3.8) is 0 Å². The van der Waals surface area contributed by atoms with E-state index < -0.39 is 5.97 Å². The van der Waals surface area contributed by atoms with E-state index in [0.29, 0.717) is 0 Å². The third-order valence-electron chi connectivity index (χ3n) is 2.77. The number of amides is 2. The molecule has 0 saturated heterocycles. The Morgan fingerprint density at radius 1 is 1.39 bits per heavy atom. The van der Waals surface area contributed by atoms with Crippen molar-refractivity contribution >= 4 is 12.0 Å². The number of hydrogen-bond donors (Lipinski definition) is 2. The highest BCUT2D eigenvalue weighted by Crippen LogP contribution is 2.06. The van der Waals surface area contributed by atoms with Gasteiger partial charge >= 0.3 is 12.0 Å². The van der Waals surface area contributed by atoms with E-state index in [1.54, 1.807) is 4.90 Å². The van der Waals surface area contributed by atoms with Crippen LogP contribution < -0.4 is 5.32 Å². The van der Waals surface area contributed by atoms with Gasteiger partial charge in [0.25, 0.3) is 0 Å². The molecule has 0 aliphatic carbocycles. The van der Waals surface area contributed by atoms with Crippen LogP contribution in [0.4, 0.5) is 4.79 Å². The number of unbranched alkanes of at least 4 members (excludes halogenated alkanes) is 1. The quantitative estimate of drug-likeness (QED) is 0.654. The van der Waals surface area contributed by atoms with Crippen molar-refractivity contribution in [1.29, 1.82) is 0 Å². The van der Waals surface area contributed by atoms with E-state index in [2.05, 4.69) is 12.2 Å². The Kier molecular flexibility index (Phi) is 8.70. The molecule has 1 unspecified atom stereocenters. The van der Waals surface area contributed by atoms with Crippen LogP contribution in [0.5, 0.6) is 0 Å². The molecule has 1 atom stereocenters. The number of nitrogens with one attached hydrogen (secondary N) is 1. The zero-order valence-corrected chi connectivity index (χ0v) is 11.5. The average Bonchev–Trinajstić information content (AvgIpc) is 2.34. The number of nitrogens with zero attached hydrogens (tertiary/aromatic N) is 1. The average molecular weight is 256 g/mol. The molecule has 0 bridgehead atoms. The molecule has 0 aliphatic heterocycles. The molecule has 0 spiro atoms. The molecular weight excluding hydrogens is 232 g/mol. The third-order valence-corrected chi connectivity index (χ3v) is 2.77. The monoisotopic (exact) mass is 256 g/mol. The molecule has 0 aromatic heterocycles. The normalized spacial score (nSPS) is 12.4. The molecule has 0 aliphatic rings. The molecule has 0 aromatic carbocycles. The van der Waals surface area contributed by atoms with Crippen LogP contribution in [0.2, 0.25) is 0 Å². The Morgan fingerprint density at radius 3 is 2.56 bits per heavy atom. The predicted molar refractivity (Wildman–Crippen MR) is 71.5 cm³/mol. The maximum Gasteiger partial charge on any atom is 0.328 e. The lowest BCUT2D eigenvalue weighted by Gasteiger charge is -2.28. The Hall–Kier alpha value is -1.52. The number of hydrogen-bond acceptors (Lipinski definition) is 2. The summed E-state index contributed by atoms with van der Waals surface area (Å²) in [7, 11) is 0. The summed E-state index contributed by atoms with van der Waals surface area (Å²) in [5.74, 6) is -1.01. The lowest BCUT2D eigenvalue weighted by molar-refractivity contribution is -0.131. The van der Waals surface area contributed by atoms with Gasteiger partial charge in [0.05, 0.1) is 0 Å². The van der Waals surface area contributed by atoms with Gasteiger partial charge in [0.1, 0.15) is 0 Å². The molecule has 0 aromatic rings. The standard InChI is InChI=1S/C13H24N2O3/c1-4-6-10-15(11(3)5-2)13(18)14-9-7-8-12(16)17/h7-8,11H,4-6,9-10H2,1-3H3,(H,14,18)(H,16,17)/b8-7+. The number of aliphatic carboxylic acids is 1. The van der Waals surface area contributed by atoms with Crippen molar-refractivity contribution in [2.75, 3.05) is 13.1 Å². The van der Waals surface area contributed by atoms with Crippen LogP contribution >= 0.6 is 0 Å². The fourth-order valence-corrected chi connectivity index (χ4v) is 1.48. The van der Waals surface area contributed by atoms with Crippen LogP contribution in [-0.4, -0.2) is 41.1 Å². The van der Waals surface area contributed by atoms with Gasteiger partial charge in [-0.2, -0.15) is 0 Å². The topological polar surface area (TPSA) is 69.6 Å². The van der Waals surface area contributed by atoms with Crippen molar-refractivity contribution in [2.45, 2.75) is 46.1 Å². The van der Waals surface area contributed by atoms with Crippen molar-refractivity contribution in [3.05, 3.63) is 12.2 Å². The molecule has 0 radical (unpaired) electrons. The van der Waals surface area contributed by atoms with E-state index in [1.807, 2.05) is 13.8 Å². The summed E-state index contributed by atoms with van der Waals surface area (Å²) in [5, 5.41) is 11.1. The molecule has 0 fully saturated rings. The minimum Gasteiger partial charge on any atom is -0.478 e. The van der Waals surface area contributed by atoms with Crippen LogP contribution in [0.1, 0.15) is 40.0 Å². The Balaban J connectivity index is 4.24. The van der Waals surface area contributed by atoms with E-state index in [1.165, 1.54) is 6.08 Å². The van der Waals surface area contributed by atoms with Crippen molar-refractivity contribution in [2.24, 2.45) is 0 Å². The van der Waals surface area contributed by atoms with Crippen molar-refractivity contribution in [1.82, 2.24) is 10.2 Å². The molecule has 5 nitrogen and oxygen atoms in total. The number of carboxylic acids is 1. The predicted octanol–water partition coefficient (Wildman–Crippen LogP) is 2.24. The number of carboxylic acid groups (broad SMARTS) is 1. The van der Waals surface area contributed by atoms with Gasteiger partial charge in [-0.1, -0.05) is 26.3 Å². The van der Waals surface area contributed by atoms with E-state index in [4.69, 9.17) is 5.11 Å². The number of urea groups is 1. The first-order chi connectivity index (χ1) is 8.52. The van der Waals surface area contributed by atoms with Gasteiger partial charge in [-0.05, 0) is 19.8 Å². The number of carbonyl (C=O) groups excluding carboxylic acids is 1. The van der Waals surface area contributed by atoms with Gasteiger partial charge in [-0.25, -0.2) is 9.59 Å². The Morgan fingerprint density at radius 2 is 2.06 bits per heavy atom. The SMILES string of the molecule is CCCCN(C(=O)NC/C=C/C(=O)O)C(C)CC. The Labute approximate surface area is 109 Å². The van der Waals surface area contributed by atoms with Crippen molar-refractivity contribution < 1.29 is 14.7 Å². The second kappa shape index (κ2) is 9.50. The minimum atomic E-state index is -1.01. The van der Waals surface area contributed by atoms with Gasteiger partial charge in [0.2, 0.25) is 0 Å². The van der Waals surface area contributed by atoms with Crippen LogP contribution in [0.3, 0.4) is 0 Å². The largest absolute Gasteiger partial charge is 0.478 e. The molecule has 0 saturated carbocycles. The summed E-state index contributed by atoms with van der Waals surface area (Å²) in [4.78, 5) is 24.0. The first kappa shape index (κ1) is 16.5. The number of rotatable bonds is 8. The number of carbonyl (C=O) groups is 2. The molecule has 0 heterocycles. The van der Waals surface area contributed by atoms with Crippen LogP contribution in [0.25, 0.3) is 0 Å². The lowest BCUT2D eigenvalue weighted by Crippen LogP contribution is -2.45. The van der Waals surface area contributed by atoms with E-state index >= 15 is 0 Å². The van der Waals surface area contributed by atoms with Gasteiger partial charge in [0, 0.05) is 25.2 Å². The molecular formula is C13H24N2O3. The summed E-state index contributed by atoms with van der Waals surface area (Å²) in [6.07, 6.45) is 5.37. The van der Waals surface area contributed by atoms with Crippen LogP contribution in [0, 0.1) is 0 Å². The Bertz CT molecular complexity index is 290. The highest BCUT2D eigenvalue weighted by Gasteiger charge is 2.17. The second-order valence-electron chi connectivity index (χ2n) is 4.23. The minimum absolute atomic E-state index is 0.132. The molecule has 2 amide bonds. The maximum absolute atomic E-state index is 11.9. The van der Waals surface area contributed by atoms with Gasteiger partial charge < -0.3 is 15.3 Å². The lowest BCUT2D eigenvalue weighted by atomic mass is 10.2. The summed E-state index contributed by atoms with van der Waals surface area (Å²) in [6.45, 7) is 7.12. The summed E-state index contributed by atoms with van der Waals surface area (Å²) < 4.78 is 0. The fraction of sp³-hybridized carbons (Fsp3) is 0.692. The van der Waals surface area contributed by atoms with Crippen molar-refractivity contribution in [3.8, 4) is 0 Å². The van der Waals surface area contributed by atoms with Crippen LogP contribution in [-0.2, 0) is 4.79 Å². The van der Waals surface area contributed by atoms with Gasteiger partial charge in [0.15, 0.2) is 0 Å². The second-order valence-corrected chi connectivity index (χ2v) is 4.23. The van der Waals surface area contributed by atoms with E-state index in [9.17, 15) is 9.59 Å². The molecule has 18 heavy (non-hydrogen) atoms. The first-order valence-electron chi connectivity index (χ1n) is 6.46. The smallest absolute Gasteiger partial charge is 0.328 e. The molecule has 5 heteroatoms. The summed E-state index contributed by atoms with van der Waals surface area (Å²) in [6, 6.07) is 0.0628.